The minimum atomic E-state index is -0.237. The van der Waals surface area contributed by atoms with Gasteiger partial charge in [-0.05, 0) is 49.6 Å². The summed E-state index contributed by atoms with van der Waals surface area (Å²) in [5, 5.41) is 5.43. The predicted octanol–water partition coefficient (Wildman–Crippen LogP) is 2.66. The molecule has 0 saturated carbocycles. The van der Waals surface area contributed by atoms with Crippen molar-refractivity contribution < 1.29 is 9.59 Å². The Balaban J connectivity index is 1.80. The summed E-state index contributed by atoms with van der Waals surface area (Å²) in [5.74, 6) is -0.443. The average Bonchev–Trinajstić information content (AvgIpc) is 2.54. The van der Waals surface area contributed by atoms with Gasteiger partial charge in [0.1, 0.15) is 0 Å². The highest BCUT2D eigenvalue weighted by molar-refractivity contribution is 5.96. The lowest BCUT2D eigenvalue weighted by Gasteiger charge is -2.08. The molecule has 4 nitrogen and oxygen atoms in total. The predicted molar refractivity (Wildman–Crippen MR) is 91.3 cm³/mol. The zero-order valence-electron chi connectivity index (χ0n) is 13.8. The van der Waals surface area contributed by atoms with E-state index in [0.29, 0.717) is 12.1 Å². The second kappa shape index (κ2) is 7.58. The summed E-state index contributed by atoms with van der Waals surface area (Å²) in [6.07, 6.45) is 0. The average molecular weight is 310 g/mol. The fraction of sp³-hybridized carbons (Fsp3) is 0.263. The Morgan fingerprint density at radius 3 is 2.22 bits per heavy atom. The lowest BCUT2D eigenvalue weighted by Crippen LogP contribution is -2.36. The van der Waals surface area contributed by atoms with E-state index in [9.17, 15) is 9.59 Å². The normalized spacial score (nSPS) is 10.2. The van der Waals surface area contributed by atoms with Crippen LogP contribution in [0.15, 0.2) is 42.5 Å². The first kappa shape index (κ1) is 16.7. The SMILES string of the molecule is Cc1ccc(CNC(=O)CNC(=O)c2ccc(C)c(C)c2)cc1. The van der Waals surface area contributed by atoms with E-state index in [1.54, 1.807) is 6.07 Å². The number of carbonyl (C=O) groups excluding carboxylic acids is 2. The minimum Gasteiger partial charge on any atom is -0.350 e. The number of carbonyl (C=O) groups is 2. The van der Waals surface area contributed by atoms with Gasteiger partial charge in [0.05, 0.1) is 6.54 Å². The second-order valence-corrected chi connectivity index (χ2v) is 5.74. The van der Waals surface area contributed by atoms with Gasteiger partial charge in [-0.3, -0.25) is 9.59 Å². The third-order valence-electron chi connectivity index (χ3n) is 3.79. The van der Waals surface area contributed by atoms with Gasteiger partial charge in [-0.15, -0.1) is 0 Å². The van der Waals surface area contributed by atoms with Gasteiger partial charge in [-0.25, -0.2) is 0 Å². The summed E-state index contributed by atoms with van der Waals surface area (Å²) in [6, 6.07) is 13.5. The highest BCUT2D eigenvalue weighted by Crippen LogP contribution is 2.09. The van der Waals surface area contributed by atoms with Crippen LogP contribution in [-0.2, 0) is 11.3 Å². The van der Waals surface area contributed by atoms with E-state index < -0.39 is 0 Å². The van der Waals surface area contributed by atoms with Crippen LogP contribution in [0.2, 0.25) is 0 Å². The smallest absolute Gasteiger partial charge is 0.251 e. The fourth-order valence-corrected chi connectivity index (χ4v) is 2.11. The van der Waals surface area contributed by atoms with Crippen molar-refractivity contribution in [1.82, 2.24) is 10.6 Å². The van der Waals surface area contributed by atoms with Gasteiger partial charge in [0.15, 0.2) is 0 Å². The molecule has 0 saturated heterocycles. The monoisotopic (exact) mass is 310 g/mol. The van der Waals surface area contributed by atoms with Crippen molar-refractivity contribution in [1.29, 1.82) is 0 Å². The second-order valence-electron chi connectivity index (χ2n) is 5.74. The van der Waals surface area contributed by atoms with E-state index in [2.05, 4.69) is 10.6 Å². The molecule has 0 aliphatic heterocycles. The number of hydrogen-bond donors (Lipinski definition) is 2. The summed E-state index contributed by atoms with van der Waals surface area (Å²) in [4.78, 5) is 23.8. The van der Waals surface area contributed by atoms with E-state index in [1.165, 1.54) is 5.56 Å². The van der Waals surface area contributed by atoms with Gasteiger partial charge in [0.25, 0.3) is 5.91 Å². The topological polar surface area (TPSA) is 58.2 Å². The molecule has 2 aromatic rings. The Morgan fingerprint density at radius 1 is 0.870 bits per heavy atom. The highest BCUT2D eigenvalue weighted by atomic mass is 16.2. The largest absolute Gasteiger partial charge is 0.350 e. The van der Waals surface area contributed by atoms with Gasteiger partial charge in [-0.2, -0.15) is 0 Å². The molecule has 0 aromatic heterocycles. The zero-order valence-corrected chi connectivity index (χ0v) is 13.8. The Labute approximate surface area is 136 Å². The van der Waals surface area contributed by atoms with Gasteiger partial charge >= 0.3 is 0 Å². The van der Waals surface area contributed by atoms with Crippen LogP contribution in [0.1, 0.15) is 32.6 Å². The van der Waals surface area contributed by atoms with Gasteiger partial charge in [0.2, 0.25) is 5.91 Å². The van der Waals surface area contributed by atoms with Crippen LogP contribution in [0.4, 0.5) is 0 Å². The van der Waals surface area contributed by atoms with Crippen molar-refractivity contribution in [2.24, 2.45) is 0 Å². The van der Waals surface area contributed by atoms with Crippen molar-refractivity contribution >= 4 is 11.8 Å². The number of aryl methyl sites for hydroxylation is 3. The molecule has 120 valence electrons. The number of rotatable bonds is 5. The lowest BCUT2D eigenvalue weighted by atomic mass is 10.1. The first-order valence-electron chi connectivity index (χ1n) is 7.63. The first-order valence-corrected chi connectivity index (χ1v) is 7.63. The fourth-order valence-electron chi connectivity index (χ4n) is 2.11. The Morgan fingerprint density at radius 2 is 1.57 bits per heavy atom. The highest BCUT2D eigenvalue weighted by Gasteiger charge is 2.08. The van der Waals surface area contributed by atoms with Crippen LogP contribution in [0.5, 0.6) is 0 Å². The Hall–Kier alpha value is -2.62. The molecule has 2 amide bonds. The van der Waals surface area contributed by atoms with E-state index in [4.69, 9.17) is 0 Å². The molecule has 0 fully saturated rings. The van der Waals surface area contributed by atoms with Crippen LogP contribution >= 0.6 is 0 Å². The third kappa shape index (κ3) is 4.95. The van der Waals surface area contributed by atoms with Gasteiger partial charge in [-0.1, -0.05) is 35.9 Å². The van der Waals surface area contributed by atoms with E-state index in [0.717, 1.165) is 16.7 Å². The van der Waals surface area contributed by atoms with E-state index >= 15 is 0 Å². The van der Waals surface area contributed by atoms with Gasteiger partial charge < -0.3 is 10.6 Å². The Bertz CT molecular complexity index is 706. The maximum atomic E-state index is 12.0. The summed E-state index contributed by atoms with van der Waals surface area (Å²) >= 11 is 0. The van der Waals surface area contributed by atoms with E-state index in [-0.39, 0.29) is 18.4 Å². The molecular weight excluding hydrogens is 288 g/mol. The molecule has 0 aliphatic rings. The molecule has 0 radical (unpaired) electrons. The molecule has 0 atom stereocenters. The molecular formula is C19H22N2O2. The summed E-state index contributed by atoms with van der Waals surface area (Å²) in [7, 11) is 0. The maximum absolute atomic E-state index is 12.0. The van der Waals surface area contributed by atoms with Crippen molar-refractivity contribution in [3.63, 3.8) is 0 Å². The zero-order chi connectivity index (χ0) is 16.8. The number of nitrogens with one attached hydrogen (secondary N) is 2. The van der Waals surface area contributed by atoms with E-state index in [1.807, 2.05) is 57.2 Å². The number of benzene rings is 2. The summed E-state index contributed by atoms with van der Waals surface area (Å²) in [6.45, 7) is 6.40. The molecule has 0 unspecified atom stereocenters. The molecule has 0 heterocycles. The molecule has 2 N–H and O–H groups in total. The number of hydrogen-bond acceptors (Lipinski definition) is 2. The van der Waals surface area contributed by atoms with Crippen LogP contribution in [0.3, 0.4) is 0 Å². The van der Waals surface area contributed by atoms with Crippen molar-refractivity contribution in [2.75, 3.05) is 6.54 Å². The molecule has 0 aliphatic carbocycles. The quantitative estimate of drug-likeness (QED) is 0.892. The van der Waals surface area contributed by atoms with Crippen LogP contribution in [0, 0.1) is 20.8 Å². The Kier molecular flexibility index (Phi) is 5.52. The molecule has 23 heavy (non-hydrogen) atoms. The summed E-state index contributed by atoms with van der Waals surface area (Å²) < 4.78 is 0. The van der Waals surface area contributed by atoms with Crippen molar-refractivity contribution in [3.05, 3.63) is 70.3 Å². The van der Waals surface area contributed by atoms with Crippen LogP contribution in [-0.4, -0.2) is 18.4 Å². The molecule has 2 rings (SSSR count). The third-order valence-corrected chi connectivity index (χ3v) is 3.79. The molecule has 4 heteroatoms. The summed E-state index contributed by atoms with van der Waals surface area (Å²) in [5.41, 5.74) is 4.98. The molecule has 0 bridgehead atoms. The first-order chi connectivity index (χ1) is 11.0. The van der Waals surface area contributed by atoms with Crippen LogP contribution < -0.4 is 10.6 Å². The van der Waals surface area contributed by atoms with Crippen molar-refractivity contribution in [3.8, 4) is 0 Å². The molecule has 0 spiro atoms. The maximum Gasteiger partial charge on any atom is 0.251 e. The lowest BCUT2D eigenvalue weighted by molar-refractivity contribution is -0.120. The van der Waals surface area contributed by atoms with Crippen LogP contribution in [0.25, 0.3) is 0 Å². The van der Waals surface area contributed by atoms with Gasteiger partial charge in [0, 0.05) is 12.1 Å². The van der Waals surface area contributed by atoms with Crippen molar-refractivity contribution in [2.45, 2.75) is 27.3 Å². The minimum absolute atomic E-state index is 0.0301. The number of amides is 2. The standard InChI is InChI=1S/C19H22N2O2/c1-13-4-7-16(8-5-13)11-20-18(22)12-21-19(23)17-9-6-14(2)15(3)10-17/h4-10H,11-12H2,1-3H3,(H,20,22)(H,21,23). The molecule has 2 aromatic carbocycles.